The van der Waals surface area contributed by atoms with Crippen molar-refractivity contribution in [1.82, 2.24) is 15.1 Å². The molecule has 3 nitrogen and oxygen atoms in total. The number of unbranched alkanes of at least 4 members (excludes halogenated alkanes) is 1. The minimum atomic E-state index is 0.695. The molecule has 0 amide bonds. The molecule has 110 valence electrons. The van der Waals surface area contributed by atoms with Crippen molar-refractivity contribution in [3.8, 4) is 0 Å². The summed E-state index contributed by atoms with van der Waals surface area (Å²) in [4.78, 5) is 0. The van der Waals surface area contributed by atoms with Gasteiger partial charge < -0.3 is 5.32 Å². The molecular formula is C16H31N3. The van der Waals surface area contributed by atoms with Crippen LogP contribution >= 0.6 is 0 Å². The van der Waals surface area contributed by atoms with Crippen molar-refractivity contribution in [1.29, 1.82) is 0 Å². The Morgan fingerprint density at radius 3 is 2.74 bits per heavy atom. The highest BCUT2D eigenvalue weighted by Crippen LogP contribution is 2.14. The van der Waals surface area contributed by atoms with Gasteiger partial charge in [0.05, 0.1) is 5.69 Å². The molecule has 0 aliphatic carbocycles. The highest BCUT2D eigenvalue weighted by Gasteiger charge is 2.08. The average Bonchev–Trinajstić information content (AvgIpc) is 2.81. The van der Waals surface area contributed by atoms with Gasteiger partial charge in [-0.1, -0.05) is 47.0 Å². The lowest BCUT2D eigenvalue weighted by atomic mass is 10.00. The van der Waals surface area contributed by atoms with E-state index in [1.165, 1.54) is 25.7 Å². The molecule has 1 atom stereocenters. The van der Waals surface area contributed by atoms with E-state index in [4.69, 9.17) is 0 Å². The number of nitrogens with zero attached hydrogens (tertiary/aromatic N) is 2. The maximum Gasteiger partial charge on any atom is 0.0762 e. The minimum Gasteiger partial charge on any atom is -0.311 e. The van der Waals surface area contributed by atoms with E-state index in [0.717, 1.165) is 31.2 Å². The first-order chi connectivity index (χ1) is 9.15. The summed E-state index contributed by atoms with van der Waals surface area (Å²) >= 11 is 0. The summed E-state index contributed by atoms with van der Waals surface area (Å²) in [5.41, 5.74) is 1.16. The van der Waals surface area contributed by atoms with Crippen LogP contribution < -0.4 is 5.32 Å². The Kier molecular flexibility index (Phi) is 7.80. The summed E-state index contributed by atoms with van der Waals surface area (Å²) in [6, 6.07) is 2.14. The summed E-state index contributed by atoms with van der Waals surface area (Å²) in [7, 11) is 0. The lowest BCUT2D eigenvalue weighted by molar-refractivity contribution is 0.370. The molecule has 0 radical (unpaired) electrons. The number of aromatic nitrogens is 2. The standard InChI is InChI=1S/C16H31N3/c1-5-7-8-15(6-2)13-19-10-9-16(18-19)12-17-11-14(3)4/h9-10,14-15,17H,5-8,11-13H2,1-4H3. The summed E-state index contributed by atoms with van der Waals surface area (Å²) in [6.07, 6.45) is 7.33. The normalized spacial score (nSPS) is 13.1. The fraction of sp³-hybridized carbons (Fsp3) is 0.812. The Labute approximate surface area is 118 Å². The molecule has 0 aliphatic rings. The van der Waals surface area contributed by atoms with Crippen LogP contribution in [0, 0.1) is 11.8 Å². The second-order valence-electron chi connectivity index (χ2n) is 5.97. The zero-order valence-corrected chi connectivity index (χ0v) is 13.2. The van der Waals surface area contributed by atoms with E-state index >= 15 is 0 Å². The lowest BCUT2D eigenvalue weighted by Crippen LogP contribution is -2.19. The first-order valence-corrected chi connectivity index (χ1v) is 7.88. The predicted molar refractivity (Wildman–Crippen MR) is 82.1 cm³/mol. The Bertz CT molecular complexity index is 330. The topological polar surface area (TPSA) is 29.9 Å². The van der Waals surface area contributed by atoms with Crippen LogP contribution in [0.2, 0.25) is 0 Å². The molecule has 1 heterocycles. The van der Waals surface area contributed by atoms with Gasteiger partial charge in [-0.15, -0.1) is 0 Å². The maximum absolute atomic E-state index is 4.66. The molecule has 1 aromatic heterocycles. The zero-order chi connectivity index (χ0) is 14.1. The number of nitrogens with one attached hydrogen (secondary N) is 1. The minimum absolute atomic E-state index is 0.695. The Morgan fingerprint density at radius 1 is 1.32 bits per heavy atom. The monoisotopic (exact) mass is 265 g/mol. The molecule has 0 bridgehead atoms. The molecule has 19 heavy (non-hydrogen) atoms. The Hall–Kier alpha value is -0.830. The van der Waals surface area contributed by atoms with Crippen LogP contribution in [0.1, 0.15) is 59.1 Å². The van der Waals surface area contributed by atoms with E-state index < -0.39 is 0 Å². The van der Waals surface area contributed by atoms with Crippen LogP contribution in [0.4, 0.5) is 0 Å². The van der Waals surface area contributed by atoms with E-state index in [-0.39, 0.29) is 0 Å². The third kappa shape index (κ3) is 6.76. The second-order valence-corrected chi connectivity index (χ2v) is 5.97. The van der Waals surface area contributed by atoms with Crippen LogP contribution in [-0.2, 0) is 13.1 Å². The molecule has 0 aliphatic heterocycles. The fourth-order valence-corrected chi connectivity index (χ4v) is 2.27. The lowest BCUT2D eigenvalue weighted by Gasteiger charge is -2.14. The molecule has 1 rings (SSSR count). The van der Waals surface area contributed by atoms with E-state index in [9.17, 15) is 0 Å². The van der Waals surface area contributed by atoms with Crippen molar-refractivity contribution in [2.45, 2.75) is 66.5 Å². The van der Waals surface area contributed by atoms with Gasteiger partial charge in [0.25, 0.3) is 0 Å². The van der Waals surface area contributed by atoms with Crippen molar-refractivity contribution in [2.24, 2.45) is 11.8 Å². The summed E-state index contributed by atoms with van der Waals surface area (Å²) < 4.78 is 2.12. The van der Waals surface area contributed by atoms with Gasteiger partial charge in [-0.2, -0.15) is 5.10 Å². The zero-order valence-electron chi connectivity index (χ0n) is 13.2. The van der Waals surface area contributed by atoms with Crippen LogP contribution in [0.5, 0.6) is 0 Å². The Balaban J connectivity index is 2.36. The third-order valence-corrected chi connectivity index (χ3v) is 3.54. The van der Waals surface area contributed by atoms with Crippen LogP contribution in [0.25, 0.3) is 0 Å². The summed E-state index contributed by atoms with van der Waals surface area (Å²) in [5.74, 6) is 1.47. The highest BCUT2D eigenvalue weighted by molar-refractivity contribution is 4.98. The summed E-state index contributed by atoms with van der Waals surface area (Å²) in [5, 5.41) is 8.10. The van der Waals surface area contributed by atoms with Crippen LogP contribution in [0.15, 0.2) is 12.3 Å². The molecule has 1 N–H and O–H groups in total. The van der Waals surface area contributed by atoms with Gasteiger partial charge in [-0.25, -0.2) is 0 Å². The maximum atomic E-state index is 4.66. The first kappa shape index (κ1) is 16.2. The molecule has 0 spiro atoms. The van der Waals surface area contributed by atoms with E-state index in [0.29, 0.717) is 5.92 Å². The smallest absolute Gasteiger partial charge is 0.0762 e. The van der Waals surface area contributed by atoms with Crippen molar-refractivity contribution in [3.63, 3.8) is 0 Å². The van der Waals surface area contributed by atoms with Crippen LogP contribution in [-0.4, -0.2) is 16.3 Å². The largest absolute Gasteiger partial charge is 0.311 e. The average molecular weight is 265 g/mol. The highest BCUT2D eigenvalue weighted by atomic mass is 15.3. The van der Waals surface area contributed by atoms with Crippen LogP contribution in [0.3, 0.4) is 0 Å². The summed E-state index contributed by atoms with van der Waals surface area (Å²) in [6.45, 7) is 12.0. The van der Waals surface area contributed by atoms with Gasteiger partial charge in [0.2, 0.25) is 0 Å². The van der Waals surface area contributed by atoms with Crippen molar-refractivity contribution in [2.75, 3.05) is 6.54 Å². The fourth-order valence-electron chi connectivity index (χ4n) is 2.27. The number of hydrogen-bond acceptors (Lipinski definition) is 2. The first-order valence-electron chi connectivity index (χ1n) is 7.88. The molecule has 0 saturated carbocycles. The molecule has 0 aromatic carbocycles. The van der Waals surface area contributed by atoms with E-state index in [1.807, 2.05) is 0 Å². The van der Waals surface area contributed by atoms with Crippen molar-refractivity contribution < 1.29 is 0 Å². The number of hydrogen-bond donors (Lipinski definition) is 1. The van der Waals surface area contributed by atoms with Crippen molar-refractivity contribution in [3.05, 3.63) is 18.0 Å². The van der Waals surface area contributed by atoms with Gasteiger partial charge in [0.15, 0.2) is 0 Å². The van der Waals surface area contributed by atoms with E-state index in [2.05, 4.69) is 55.1 Å². The van der Waals surface area contributed by atoms with Gasteiger partial charge >= 0.3 is 0 Å². The third-order valence-electron chi connectivity index (χ3n) is 3.54. The van der Waals surface area contributed by atoms with Crippen molar-refractivity contribution >= 4 is 0 Å². The Morgan fingerprint density at radius 2 is 2.11 bits per heavy atom. The van der Waals surface area contributed by atoms with Gasteiger partial charge in [0.1, 0.15) is 0 Å². The molecule has 0 fully saturated rings. The van der Waals surface area contributed by atoms with Gasteiger partial charge in [-0.05, 0) is 30.9 Å². The molecular weight excluding hydrogens is 234 g/mol. The molecule has 0 saturated heterocycles. The molecule has 1 unspecified atom stereocenters. The molecule has 1 aromatic rings. The quantitative estimate of drug-likeness (QED) is 0.696. The SMILES string of the molecule is CCCCC(CC)Cn1ccc(CNCC(C)C)n1. The van der Waals surface area contributed by atoms with Gasteiger partial charge in [-0.3, -0.25) is 4.68 Å². The van der Waals surface area contributed by atoms with E-state index in [1.54, 1.807) is 0 Å². The predicted octanol–water partition coefficient (Wildman–Crippen LogP) is 3.85. The second kappa shape index (κ2) is 9.13. The van der Waals surface area contributed by atoms with Gasteiger partial charge in [0, 0.05) is 19.3 Å². The number of rotatable bonds is 10. The molecule has 3 heteroatoms.